The maximum Gasteiger partial charge on any atom is 0.0684 e. The Labute approximate surface area is 137 Å². The molecule has 0 rings (SSSR count). The van der Waals surface area contributed by atoms with Gasteiger partial charge in [-0.3, -0.25) is 0 Å². The summed E-state index contributed by atoms with van der Waals surface area (Å²) in [6, 6.07) is 4.74. The molecule has 0 aliphatic heterocycles. The highest BCUT2D eigenvalue weighted by Gasteiger charge is 2.44. The fraction of sp³-hybridized carbons (Fsp3) is 0.789. The van der Waals surface area contributed by atoms with Crippen LogP contribution in [0.1, 0.15) is 68.2 Å². The molecule has 3 nitrogen and oxygen atoms in total. The molecule has 22 heavy (non-hydrogen) atoms. The molecule has 2 atom stereocenters. The third-order valence-electron chi connectivity index (χ3n) is 4.26. The van der Waals surface area contributed by atoms with Crippen molar-refractivity contribution in [2.24, 2.45) is 27.9 Å². The standard InChI is InChI=1S/C19H33N3/c1-9-10-15(18(6,7)11-16(2,3)13-20)19(8,22)12-17(4,5)14-21/h9-10,15H,11-12,22H2,1-8H3. The van der Waals surface area contributed by atoms with E-state index in [1.807, 2.05) is 47.6 Å². The molecule has 0 aromatic carbocycles. The van der Waals surface area contributed by atoms with Crippen molar-refractivity contribution in [1.82, 2.24) is 0 Å². The van der Waals surface area contributed by atoms with Crippen molar-refractivity contribution >= 4 is 0 Å². The lowest BCUT2D eigenvalue weighted by molar-refractivity contribution is 0.0989. The number of nitrogens with zero attached hydrogens (tertiary/aromatic N) is 2. The Bertz CT molecular complexity index is 442. The third kappa shape index (κ3) is 5.82. The van der Waals surface area contributed by atoms with Gasteiger partial charge in [0.15, 0.2) is 0 Å². The zero-order chi connectivity index (χ0) is 17.8. The first-order valence-corrected chi connectivity index (χ1v) is 7.97. The molecular weight excluding hydrogens is 270 g/mol. The van der Waals surface area contributed by atoms with Crippen molar-refractivity contribution in [3.05, 3.63) is 12.2 Å². The minimum absolute atomic E-state index is 0.0882. The number of allylic oxidation sites excluding steroid dienone is 1. The van der Waals surface area contributed by atoms with Crippen LogP contribution in [0.2, 0.25) is 0 Å². The van der Waals surface area contributed by atoms with Crippen LogP contribution in [-0.4, -0.2) is 5.54 Å². The predicted octanol–water partition coefficient (Wildman–Crippen LogP) is 4.80. The van der Waals surface area contributed by atoms with Gasteiger partial charge >= 0.3 is 0 Å². The molecule has 0 spiro atoms. The zero-order valence-corrected chi connectivity index (χ0v) is 15.6. The monoisotopic (exact) mass is 303 g/mol. The second-order valence-electron chi connectivity index (χ2n) is 8.84. The summed E-state index contributed by atoms with van der Waals surface area (Å²) in [5.41, 5.74) is 5.15. The van der Waals surface area contributed by atoms with E-state index in [1.54, 1.807) is 0 Å². The number of hydrogen-bond donors (Lipinski definition) is 1. The van der Waals surface area contributed by atoms with E-state index >= 15 is 0 Å². The Morgan fingerprint density at radius 2 is 1.32 bits per heavy atom. The van der Waals surface area contributed by atoms with Crippen LogP contribution in [0.5, 0.6) is 0 Å². The Balaban J connectivity index is 5.64. The smallest absolute Gasteiger partial charge is 0.0684 e. The van der Waals surface area contributed by atoms with Gasteiger partial charge in [0.2, 0.25) is 0 Å². The van der Waals surface area contributed by atoms with Crippen molar-refractivity contribution in [3.8, 4) is 12.1 Å². The molecule has 0 aliphatic rings. The van der Waals surface area contributed by atoms with Crippen LogP contribution < -0.4 is 5.73 Å². The van der Waals surface area contributed by atoms with Gasteiger partial charge in [-0.05, 0) is 65.7 Å². The fourth-order valence-electron chi connectivity index (χ4n) is 3.96. The molecule has 0 heterocycles. The number of rotatable bonds is 7. The normalized spacial score (nSPS) is 17.6. The highest BCUT2D eigenvalue weighted by atomic mass is 14.8. The maximum absolute atomic E-state index is 9.35. The SMILES string of the molecule is CC=CC(C(C)(C)CC(C)(C)C#N)C(C)(N)CC(C)(C)C#N. The van der Waals surface area contributed by atoms with E-state index in [0.29, 0.717) is 6.42 Å². The van der Waals surface area contributed by atoms with Crippen LogP contribution >= 0.6 is 0 Å². The molecular formula is C19H33N3. The molecule has 124 valence electrons. The average Bonchev–Trinajstić information content (AvgIpc) is 2.33. The lowest BCUT2D eigenvalue weighted by Crippen LogP contribution is -2.52. The Morgan fingerprint density at radius 3 is 1.68 bits per heavy atom. The molecule has 0 aromatic rings. The van der Waals surface area contributed by atoms with E-state index in [1.165, 1.54) is 0 Å². The number of hydrogen-bond acceptors (Lipinski definition) is 3. The van der Waals surface area contributed by atoms with Gasteiger partial charge in [0.25, 0.3) is 0 Å². The van der Waals surface area contributed by atoms with Crippen molar-refractivity contribution in [2.45, 2.75) is 73.8 Å². The summed E-state index contributed by atoms with van der Waals surface area (Å²) in [5, 5.41) is 18.7. The van der Waals surface area contributed by atoms with E-state index < -0.39 is 16.4 Å². The minimum Gasteiger partial charge on any atom is -0.325 e. The Hall–Kier alpha value is -1.32. The largest absolute Gasteiger partial charge is 0.325 e. The molecule has 0 radical (unpaired) electrons. The summed E-state index contributed by atoms with van der Waals surface area (Å²) in [6.45, 7) is 16.1. The van der Waals surface area contributed by atoms with Gasteiger partial charge in [-0.25, -0.2) is 0 Å². The molecule has 2 unspecified atom stereocenters. The summed E-state index contributed by atoms with van der Waals surface area (Å²) >= 11 is 0. The van der Waals surface area contributed by atoms with E-state index in [-0.39, 0.29) is 11.3 Å². The molecule has 3 heteroatoms. The van der Waals surface area contributed by atoms with Crippen LogP contribution in [0, 0.1) is 44.8 Å². The van der Waals surface area contributed by atoms with Gasteiger partial charge in [-0.15, -0.1) is 0 Å². The lowest BCUT2D eigenvalue weighted by Gasteiger charge is -2.46. The zero-order valence-electron chi connectivity index (χ0n) is 15.6. The van der Waals surface area contributed by atoms with Gasteiger partial charge in [0.05, 0.1) is 23.0 Å². The average molecular weight is 303 g/mol. The first-order chi connectivity index (χ1) is 9.73. The summed E-state index contributed by atoms with van der Waals surface area (Å²) < 4.78 is 0. The Kier molecular flexibility index (Phi) is 6.43. The minimum atomic E-state index is -0.513. The predicted molar refractivity (Wildman–Crippen MR) is 92.7 cm³/mol. The fourth-order valence-corrected chi connectivity index (χ4v) is 3.96. The molecule has 0 fully saturated rings. The number of nitriles is 2. The summed E-state index contributed by atoms with van der Waals surface area (Å²) in [4.78, 5) is 0. The van der Waals surface area contributed by atoms with Gasteiger partial charge in [0, 0.05) is 5.54 Å². The van der Waals surface area contributed by atoms with Gasteiger partial charge in [-0.2, -0.15) is 10.5 Å². The quantitative estimate of drug-likeness (QED) is 0.686. The third-order valence-corrected chi connectivity index (χ3v) is 4.26. The van der Waals surface area contributed by atoms with Crippen molar-refractivity contribution in [1.29, 1.82) is 10.5 Å². The summed E-state index contributed by atoms with van der Waals surface area (Å²) in [5.74, 6) is 0.0882. The number of nitrogens with two attached hydrogens (primary N) is 1. The van der Waals surface area contributed by atoms with Crippen LogP contribution in [0.3, 0.4) is 0 Å². The van der Waals surface area contributed by atoms with E-state index in [4.69, 9.17) is 5.73 Å². The van der Waals surface area contributed by atoms with Gasteiger partial charge < -0.3 is 5.73 Å². The second-order valence-corrected chi connectivity index (χ2v) is 8.84. The van der Waals surface area contributed by atoms with Gasteiger partial charge in [0.1, 0.15) is 0 Å². The first-order valence-electron chi connectivity index (χ1n) is 7.97. The van der Waals surface area contributed by atoms with Crippen LogP contribution in [0.15, 0.2) is 12.2 Å². The van der Waals surface area contributed by atoms with Crippen molar-refractivity contribution < 1.29 is 0 Å². The molecule has 2 N–H and O–H groups in total. The summed E-state index contributed by atoms with van der Waals surface area (Å²) in [7, 11) is 0. The maximum atomic E-state index is 9.35. The van der Waals surface area contributed by atoms with E-state index in [2.05, 4.69) is 32.1 Å². The second kappa shape index (κ2) is 6.84. The summed E-state index contributed by atoms with van der Waals surface area (Å²) in [6.07, 6.45) is 5.53. The first kappa shape index (κ1) is 20.7. The Morgan fingerprint density at radius 1 is 0.909 bits per heavy atom. The molecule has 0 aromatic heterocycles. The lowest BCUT2D eigenvalue weighted by atomic mass is 9.60. The highest BCUT2D eigenvalue weighted by molar-refractivity contribution is 5.11. The molecule has 0 aliphatic carbocycles. The molecule has 0 saturated carbocycles. The van der Waals surface area contributed by atoms with Crippen LogP contribution in [-0.2, 0) is 0 Å². The van der Waals surface area contributed by atoms with Gasteiger partial charge in [-0.1, -0.05) is 26.0 Å². The van der Waals surface area contributed by atoms with Crippen LogP contribution in [0.25, 0.3) is 0 Å². The van der Waals surface area contributed by atoms with Crippen LogP contribution in [0.4, 0.5) is 0 Å². The topological polar surface area (TPSA) is 73.6 Å². The highest BCUT2D eigenvalue weighted by Crippen LogP contribution is 2.46. The van der Waals surface area contributed by atoms with E-state index in [0.717, 1.165) is 6.42 Å². The molecule has 0 amide bonds. The van der Waals surface area contributed by atoms with Crippen molar-refractivity contribution in [2.75, 3.05) is 0 Å². The molecule has 0 saturated heterocycles. The van der Waals surface area contributed by atoms with Crippen molar-refractivity contribution in [3.63, 3.8) is 0 Å². The van der Waals surface area contributed by atoms with E-state index in [9.17, 15) is 10.5 Å². The molecule has 0 bridgehead atoms.